The van der Waals surface area contributed by atoms with Crippen LogP contribution in [0.1, 0.15) is 45.2 Å². The Morgan fingerprint density at radius 3 is 2.74 bits per heavy atom. The first-order valence-corrected chi connectivity index (χ1v) is 10.4. The minimum Gasteiger partial charge on any atom is -0.497 e. The van der Waals surface area contributed by atoms with E-state index in [1.807, 2.05) is 16.8 Å². The van der Waals surface area contributed by atoms with Crippen molar-refractivity contribution in [3.05, 3.63) is 27.7 Å². The van der Waals surface area contributed by atoms with E-state index in [2.05, 4.69) is 42.2 Å². The van der Waals surface area contributed by atoms with Crippen molar-refractivity contribution in [1.82, 2.24) is 14.7 Å². The van der Waals surface area contributed by atoms with E-state index in [0.717, 1.165) is 40.0 Å². The smallest absolute Gasteiger partial charge is 0.205 e. The fourth-order valence-corrected chi connectivity index (χ4v) is 4.58. The van der Waals surface area contributed by atoms with Gasteiger partial charge in [-0.2, -0.15) is 0 Å². The number of nitrogens with zero attached hydrogens (tertiary/aromatic N) is 3. The van der Waals surface area contributed by atoms with Crippen molar-refractivity contribution in [2.75, 3.05) is 26.1 Å². The van der Waals surface area contributed by atoms with Gasteiger partial charge >= 0.3 is 0 Å². The van der Waals surface area contributed by atoms with Crippen LogP contribution in [0.4, 0.5) is 5.13 Å². The Kier molecular flexibility index (Phi) is 6.08. The summed E-state index contributed by atoms with van der Waals surface area (Å²) in [6, 6.07) is 6.33. The molecule has 0 aliphatic carbocycles. The molecule has 1 aliphatic heterocycles. The molecule has 1 saturated heterocycles. The monoisotopic (exact) mass is 408 g/mol. The van der Waals surface area contributed by atoms with Crippen LogP contribution in [-0.4, -0.2) is 41.0 Å². The first-order valence-electron chi connectivity index (χ1n) is 9.13. The zero-order valence-corrected chi connectivity index (χ0v) is 18.2. The van der Waals surface area contributed by atoms with Crippen molar-refractivity contribution in [1.29, 1.82) is 0 Å². The van der Waals surface area contributed by atoms with Crippen LogP contribution in [0, 0.1) is 3.95 Å². The maximum atomic E-state index is 5.62. The van der Waals surface area contributed by atoms with Crippen LogP contribution in [-0.2, 0) is 6.67 Å². The molecule has 1 aliphatic rings. The standard InChI is InChI=1S/C19H28N4O2S2/c1-19(2,3)20-17-21-23(18(26)27-17)12-22-10-6-7-15(22)14-9-8-13(24-4)11-16(14)25-5/h8-9,11,15H,6-7,10,12H2,1-5H3,(H,20,21)/t15-/m1/s1. The van der Waals surface area contributed by atoms with Crippen LogP contribution < -0.4 is 14.8 Å². The molecular weight excluding hydrogens is 380 g/mol. The highest BCUT2D eigenvalue weighted by Crippen LogP contribution is 2.39. The van der Waals surface area contributed by atoms with Gasteiger partial charge < -0.3 is 14.8 Å². The molecule has 2 heterocycles. The molecule has 8 heteroatoms. The predicted octanol–water partition coefficient (Wildman–Crippen LogP) is 4.70. The second-order valence-corrected chi connectivity index (χ2v) is 9.39. The molecule has 0 bridgehead atoms. The molecule has 27 heavy (non-hydrogen) atoms. The Morgan fingerprint density at radius 2 is 2.07 bits per heavy atom. The molecular formula is C19H28N4O2S2. The summed E-state index contributed by atoms with van der Waals surface area (Å²) >= 11 is 7.07. The highest BCUT2D eigenvalue weighted by molar-refractivity contribution is 7.73. The van der Waals surface area contributed by atoms with Crippen molar-refractivity contribution in [2.45, 2.75) is 51.9 Å². The van der Waals surface area contributed by atoms with Crippen molar-refractivity contribution in [3.8, 4) is 11.5 Å². The second kappa shape index (κ2) is 8.16. The van der Waals surface area contributed by atoms with Gasteiger partial charge in [-0.1, -0.05) is 17.4 Å². The van der Waals surface area contributed by atoms with Crippen LogP contribution in [0.5, 0.6) is 11.5 Å². The Labute approximate surface area is 170 Å². The number of aromatic nitrogens is 2. The molecule has 6 nitrogen and oxygen atoms in total. The van der Waals surface area contributed by atoms with E-state index in [4.69, 9.17) is 21.7 Å². The maximum absolute atomic E-state index is 5.62. The van der Waals surface area contributed by atoms with E-state index in [0.29, 0.717) is 6.67 Å². The molecule has 3 rings (SSSR count). The van der Waals surface area contributed by atoms with Crippen molar-refractivity contribution < 1.29 is 9.47 Å². The molecule has 0 unspecified atom stereocenters. The lowest BCUT2D eigenvalue weighted by atomic mass is 10.0. The summed E-state index contributed by atoms with van der Waals surface area (Å²) in [5, 5.41) is 8.96. The van der Waals surface area contributed by atoms with Crippen LogP contribution in [0.15, 0.2) is 18.2 Å². The van der Waals surface area contributed by atoms with Gasteiger partial charge in [0.1, 0.15) is 11.5 Å². The van der Waals surface area contributed by atoms with E-state index in [1.165, 1.54) is 16.9 Å². The van der Waals surface area contributed by atoms with Crippen LogP contribution in [0.2, 0.25) is 0 Å². The molecule has 1 fully saturated rings. The Hall–Kier alpha value is -1.64. The summed E-state index contributed by atoms with van der Waals surface area (Å²) in [7, 11) is 3.38. The van der Waals surface area contributed by atoms with Gasteiger partial charge in [0.05, 0.1) is 20.9 Å². The lowest BCUT2D eigenvalue weighted by molar-refractivity contribution is 0.188. The van der Waals surface area contributed by atoms with Crippen LogP contribution in [0.3, 0.4) is 0 Å². The van der Waals surface area contributed by atoms with Gasteiger partial charge in [0, 0.05) is 29.8 Å². The second-order valence-electron chi connectivity index (χ2n) is 7.77. The summed E-state index contributed by atoms with van der Waals surface area (Å²) in [5.74, 6) is 1.67. The SMILES string of the molecule is COc1ccc([C@H]2CCCN2Cn2nc(NC(C)(C)C)sc2=S)c(OC)c1. The number of anilines is 1. The van der Waals surface area contributed by atoms with Crippen LogP contribution in [0.25, 0.3) is 0 Å². The number of methoxy groups -OCH3 is 2. The van der Waals surface area contributed by atoms with Crippen LogP contribution >= 0.6 is 23.6 Å². The summed E-state index contributed by atoms with van der Waals surface area (Å²) in [4.78, 5) is 2.42. The molecule has 1 N–H and O–H groups in total. The number of ether oxygens (including phenoxy) is 2. The third-order valence-corrected chi connectivity index (χ3v) is 5.79. The van der Waals surface area contributed by atoms with Gasteiger partial charge in [-0.05, 0) is 51.9 Å². The van der Waals surface area contributed by atoms with Gasteiger partial charge in [-0.3, -0.25) is 4.90 Å². The fourth-order valence-electron chi connectivity index (χ4n) is 3.38. The average Bonchev–Trinajstić information content (AvgIpc) is 3.19. The Bertz CT molecular complexity index is 841. The Balaban J connectivity index is 1.81. The quantitative estimate of drug-likeness (QED) is 0.700. The molecule has 1 atom stereocenters. The zero-order chi connectivity index (χ0) is 19.6. The molecule has 148 valence electrons. The van der Waals surface area contributed by atoms with Gasteiger partial charge in [-0.15, -0.1) is 5.10 Å². The fraction of sp³-hybridized carbons (Fsp3) is 0.579. The van der Waals surface area contributed by atoms with E-state index >= 15 is 0 Å². The zero-order valence-electron chi connectivity index (χ0n) is 16.6. The number of hydrogen-bond donors (Lipinski definition) is 1. The summed E-state index contributed by atoms with van der Waals surface area (Å²) in [5.41, 5.74) is 1.15. The van der Waals surface area contributed by atoms with Gasteiger partial charge in [-0.25, -0.2) is 4.68 Å². The molecule has 0 radical (unpaired) electrons. The first kappa shape index (κ1) is 20.1. The molecule has 1 aromatic carbocycles. The summed E-state index contributed by atoms with van der Waals surface area (Å²) in [6.07, 6.45) is 2.23. The largest absolute Gasteiger partial charge is 0.497 e. The number of benzene rings is 1. The number of likely N-dealkylation sites (tertiary alicyclic amines) is 1. The molecule has 1 aromatic heterocycles. The van der Waals surface area contributed by atoms with E-state index < -0.39 is 0 Å². The number of hydrogen-bond acceptors (Lipinski definition) is 7. The molecule has 0 spiro atoms. The normalized spacial score (nSPS) is 17.9. The summed E-state index contributed by atoms with van der Waals surface area (Å²) < 4.78 is 13.7. The van der Waals surface area contributed by atoms with E-state index in [1.54, 1.807) is 14.2 Å². The topological polar surface area (TPSA) is 51.5 Å². The average molecular weight is 409 g/mol. The third kappa shape index (κ3) is 4.80. The molecule has 0 amide bonds. The number of rotatable bonds is 6. The Morgan fingerprint density at radius 1 is 1.30 bits per heavy atom. The first-order chi connectivity index (χ1) is 12.8. The van der Waals surface area contributed by atoms with Gasteiger partial charge in [0.2, 0.25) is 5.13 Å². The number of nitrogens with one attached hydrogen (secondary N) is 1. The minimum absolute atomic E-state index is 0.0376. The molecule has 0 saturated carbocycles. The lowest BCUT2D eigenvalue weighted by Crippen LogP contribution is -2.28. The highest BCUT2D eigenvalue weighted by Gasteiger charge is 2.29. The summed E-state index contributed by atoms with van der Waals surface area (Å²) in [6.45, 7) is 8.05. The van der Waals surface area contributed by atoms with Gasteiger partial charge in [0.25, 0.3) is 0 Å². The van der Waals surface area contributed by atoms with E-state index in [9.17, 15) is 0 Å². The molecule has 2 aromatic rings. The maximum Gasteiger partial charge on any atom is 0.205 e. The van der Waals surface area contributed by atoms with Gasteiger partial charge in [0.15, 0.2) is 3.95 Å². The lowest BCUT2D eigenvalue weighted by Gasteiger charge is -2.26. The van der Waals surface area contributed by atoms with Crippen molar-refractivity contribution in [2.24, 2.45) is 0 Å². The van der Waals surface area contributed by atoms with E-state index in [-0.39, 0.29) is 11.6 Å². The van der Waals surface area contributed by atoms with Crippen molar-refractivity contribution >= 4 is 28.7 Å². The third-order valence-electron chi connectivity index (χ3n) is 4.57. The highest BCUT2D eigenvalue weighted by atomic mass is 32.1. The van der Waals surface area contributed by atoms with Crippen molar-refractivity contribution in [3.63, 3.8) is 0 Å². The minimum atomic E-state index is -0.0376. The predicted molar refractivity (Wildman–Crippen MR) is 113 cm³/mol.